The van der Waals surface area contributed by atoms with Crippen molar-refractivity contribution in [2.45, 2.75) is 131 Å². The minimum Gasteiger partial charge on any atom is -0.481 e. The maximum absolute atomic E-state index is 13.1. The van der Waals surface area contributed by atoms with Crippen LogP contribution in [0.15, 0.2) is 23.8 Å². The molecule has 2 aliphatic rings. The van der Waals surface area contributed by atoms with Gasteiger partial charge in [0.1, 0.15) is 6.10 Å². The number of hydrogen-bond acceptors (Lipinski definition) is 4. The van der Waals surface area contributed by atoms with E-state index in [2.05, 4.69) is 72.9 Å². The van der Waals surface area contributed by atoms with E-state index in [1.54, 1.807) is 0 Å². The Balaban J connectivity index is 2.16. The van der Waals surface area contributed by atoms with E-state index >= 15 is 0 Å². The highest BCUT2D eigenvalue weighted by atomic mass is 28.4. The highest BCUT2D eigenvalue weighted by Crippen LogP contribution is 2.46. The maximum atomic E-state index is 13.1. The lowest BCUT2D eigenvalue weighted by atomic mass is 9.65. The van der Waals surface area contributed by atoms with Crippen molar-refractivity contribution in [3.63, 3.8) is 0 Å². The molecule has 2 rings (SSSR count). The average Bonchev–Trinajstić information content (AvgIpc) is 2.76. The van der Waals surface area contributed by atoms with Crippen LogP contribution in [-0.4, -0.2) is 37.6 Å². The molecule has 0 aromatic carbocycles. The van der Waals surface area contributed by atoms with Crippen LogP contribution in [0.4, 0.5) is 0 Å². The smallest absolute Gasteiger partial charge is 0.311 e. The lowest BCUT2D eigenvalue weighted by Gasteiger charge is -2.44. The molecule has 2 aliphatic carbocycles. The van der Waals surface area contributed by atoms with Crippen molar-refractivity contribution in [2.75, 3.05) is 0 Å². The van der Waals surface area contributed by atoms with Crippen LogP contribution in [0, 0.1) is 35.0 Å². The molecule has 0 amide bonds. The van der Waals surface area contributed by atoms with Gasteiger partial charge in [0, 0.05) is 5.92 Å². The van der Waals surface area contributed by atoms with E-state index in [4.69, 9.17) is 9.16 Å². The Morgan fingerprint density at radius 2 is 1.79 bits per heavy atom. The van der Waals surface area contributed by atoms with Crippen LogP contribution >= 0.6 is 0 Å². The van der Waals surface area contributed by atoms with Crippen LogP contribution < -0.4 is 0 Å². The van der Waals surface area contributed by atoms with E-state index in [0.29, 0.717) is 23.7 Å². The maximum Gasteiger partial charge on any atom is 0.311 e. The fourth-order valence-corrected chi connectivity index (χ4v) is 7.03. The first kappa shape index (κ1) is 32.8. The lowest BCUT2D eigenvalue weighted by Crippen LogP contribution is -2.45. The normalized spacial score (nSPS) is 27.8. The molecule has 6 heteroatoms. The molecule has 0 fully saturated rings. The number of carboxylic acid groups (broad SMARTS) is 1. The minimum absolute atomic E-state index is 0.0382. The van der Waals surface area contributed by atoms with Crippen molar-refractivity contribution in [2.24, 2.45) is 35.0 Å². The Kier molecular flexibility index (Phi) is 11.1. The molecular weight excluding hydrogens is 492 g/mol. The summed E-state index contributed by atoms with van der Waals surface area (Å²) in [7, 11) is -2.07. The summed E-state index contributed by atoms with van der Waals surface area (Å²) in [6.07, 6.45) is 11.0. The Bertz CT molecular complexity index is 881. The number of aliphatic carboxylic acids is 1. The molecule has 0 aromatic rings. The van der Waals surface area contributed by atoms with E-state index in [1.165, 1.54) is 5.57 Å². The molecule has 0 heterocycles. The molecule has 0 unspecified atom stereocenters. The number of esters is 1. The van der Waals surface area contributed by atoms with Crippen LogP contribution in [0.1, 0.15) is 101 Å². The molecule has 0 bridgehead atoms. The highest BCUT2D eigenvalue weighted by molar-refractivity contribution is 6.74. The zero-order valence-electron chi connectivity index (χ0n) is 26.1. The second-order valence-corrected chi connectivity index (χ2v) is 19.2. The highest BCUT2D eigenvalue weighted by Gasteiger charge is 2.43. The van der Waals surface area contributed by atoms with Crippen LogP contribution in [0.3, 0.4) is 0 Å². The van der Waals surface area contributed by atoms with Gasteiger partial charge < -0.3 is 14.3 Å². The molecular formula is C32H56O5Si. The van der Waals surface area contributed by atoms with Gasteiger partial charge in [-0.1, -0.05) is 73.1 Å². The van der Waals surface area contributed by atoms with Gasteiger partial charge in [-0.25, -0.2) is 0 Å². The first-order valence-electron chi connectivity index (χ1n) is 14.9. The number of allylic oxidation sites excluding steroid dienone is 3. The summed E-state index contributed by atoms with van der Waals surface area (Å²) in [4.78, 5) is 24.7. The zero-order chi connectivity index (χ0) is 29.1. The number of hydrogen-bond donors (Lipinski definition) is 1. The van der Waals surface area contributed by atoms with E-state index in [9.17, 15) is 14.7 Å². The topological polar surface area (TPSA) is 72.8 Å². The second kappa shape index (κ2) is 12.8. The number of fused-ring (bicyclic) bond motifs is 1. The summed E-state index contributed by atoms with van der Waals surface area (Å²) in [5.74, 6) is 0.848. The molecule has 5 nitrogen and oxygen atoms in total. The Morgan fingerprint density at radius 1 is 1.16 bits per heavy atom. The number of carbonyl (C=O) groups is 2. The average molecular weight is 549 g/mol. The predicted molar refractivity (Wildman–Crippen MR) is 158 cm³/mol. The summed E-state index contributed by atoms with van der Waals surface area (Å²) in [5.41, 5.74) is 0.838. The molecule has 0 saturated carbocycles. The SMILES string of the molecule is CCC(C)(C)C(=O)O[C@H]1C[C@@H](C)C=C2C=C[C@H](C)[C@H](CC[C@@H](C)C[C@H](CC(=O)O)O[Si](C)(C)C(C)(C)C)[C@H]21. The number of carboxylic acids is 1. The van der Waals surface area contributed by atoms with Gasteiger partial charge >= 0.3 is 11.9 Å². The second-order valence-electron chi connectivity index (χ2n) is 14.5. The van der Waals surface area contributed by atoms with Crippen LogP contribution in [0.25, 0.3) is 0 Å². The van der Waals surface area contributed by atoms with Gasteiger partial charge in [-0.3, -0.25) is 9.59 Å². The third-order valence-electron chi connectivity index (χ3n) is 9.62. The van der Waals surface area contributed by atoms with Crippen LogP contribution in [0.5, 0.6) is 0 Å². The monoisotopic (exact) mass is 548 g/mol. The van der Waals surface area contributed by atoms with Crippen molar-refractivity contribution >= 4 is 20.3 Å². The van der Waals surface area contributed by atoms with Crippen LogP contribution in [-0.2, 0) is 18.8 Å². The molecule has 0 radical (unpaired) electrons. The quantitative estimate of drug-likeness (QED) is 0.196. The Labute approximate surface area is 234 Å². The zero-order valence-corrected chi connectivity index (χ0v) is 27.1. The summed E-state index contributed by atoms with van der Waals surface area (Å²) in [6.45, 7) is 23.7. The van der Waals surface area contributed by atoms with E-state index in [0.717, 1.165) is 32.1 Å². The van der Waals surface area contributed by atoms with Gasteiger partial charge in [0.05, 0.1) is 17.9 Å². The molecule has 0 aromatic heterocycles. The van der Waals surface area contributed by atoms with Crippen molar-refractivity contribution < 1.29 is 23.9 Å². The first-order valence-corrected chi connectivity index (χ1v) is 17.8. The third kappa shape index (κ3) is 8.55. The predicted octanol–water partition coefficient (Wildman–Crippen LogP) is 8.41. The summed E-state index contributed by atoms with van der Waals surface area (Å²) < 4.78 is 12.9. The van der Waals surface area contributed by atoms with Gasteiger partial charge in [-0.05, 0) is 86.9 Å². The molecule has 1 N–H and O–H groups in total. The van der Waals surface area contributed by atoms with Crippen LogP contribution in [0.2, 0.25) is 18.1 Å². The number of ether oxygens (including phenoxy) is 1. The van der Waals surface area contributed by atoms with Gasteiger partial charge in [0.25, 0.3) is 0 Å². The van der Waals surface area contributed by atoms with Crippen molar-refractivity contribution in [3.8, 4) is 0 Å². The molecule has 0 saturated heterocycles. The summed E-state index contributed by atoms with van der Waals surface area (Å²) in [6, 6.07) is 0. The first-order chi connectivity index (χ1) is 17.4. The Morgan fingerprint density at radius 3 is 2.34 bits per heavy atom. The third-order valence-corrected chi connectivity index (χ3v) is 14.2. The molecule has 218 valence electrons. The van der Waals surface area contributed by atoms with Crippen molar-refractivity contribution in [1.82, 2.24) is 0 Å². The summed E-state index contributed by atoms with van der Waals surface area (Å²) in [5, 5.41) is 9.61. The van der Waals surface area contributed by atoms with E-state index < -0.39 is 19.7 Å². The molecule has 0 aliphatic heterocycles. The minimum atomic E-state index is -2.07. The van der Waals surface area contributed by atoms with E-state index in [-0.39, 0.29) is 35.6 Å². The van der Waals surface area contributed by atoms with Crippen molar-refractivity contribution in [3.05, 3.63) is 23.8 Å². The van der Waals surface area contributed by atoms with E-state index in [1.807, 2.05) is 20.8 Å². The summed E-state index contributed by atoms with van der Waals surface area (Å²) >= 11 is 0. The molecule has 0 spiro atoms. The van der Waals surface area contributed by atoms with Crippen molar-refractivity contribution in [1.29, 1.82) is 0 Å². The lowest BCUT2D eigenvalue weighted by molar-refractivity contribution is -0.164. The number of carbonyl (C=O) groups excluding carboxylic acids is 1. The van der Waals surface area contributed by atoms with Gasteiger partial charge in [0.2, 0.25) is 0 Å². The molecule has 38 heavy (non-hydrogen) atoms. The fraction of sp³-hybridized carbons (Fsp3) is 0.812. The van der Waals surface area contributed by atoms with Gasteiger partial charge in [-0.2, -0.15) is 0 Å². The number of rotatable bonds is 12. The van der Waals surface area contributed by atoms with Gasteiger partial charge in [-0.15, -0.1) is 0 Å². The Hall–Kier alpha value is -1.40. The largest absolute Gasteiger partial charge is 0.481 e. The van der Waals surface area contributed by atoms with Gasteiger partial charge in [0.15, 0.2) is 8.32 Å². The standard InChI is InChI=1S/C32H56O5Si/c1-12-32(8,9)30(35)36-27-19-22(3)17-24-15-14-23(4)26(29(24)27)16-13-21(2)18-25(20-28(33)34)37-38(10,11)31(5,6)7/h14-15,17,21-23,25-27,29H,12-13,16,18-20H2,1-11H3,(H,33,34)/t21-,22+,23+,25-,26+,27+,29+/m1/s1. The molecule has 7 atom stereocenters. The fourth-order valence-electron chi connectivity index (χ4n) is 5.67.